The summed E-state index contributed by atoms with van der Waals surface area (Å²) < 4.78 is 10.8. The van der Waals surface area contributed by atoms with Crippen LogP contribution in [0.3, 0.4) is 0 Å². The van der Waals surface area contributed by atoms with E-state index in [-0.39, 0.29) is 23.2 Å². The number of aliphatic carboxylic acids is 1. The summed E-state index contributed by atoms with van der Waals surface area (Å²) in [6.07, 6.45) is 1.52. The quantitative estimate of drug-likeness (QED) is 0.730. The molecule has 1 unspecified atom stereocenters. The Labute approximate surface area is 99.8 Å². The first-order valence-corrected chi connectivity index (χ1v) is 6.77. The molecule has 0 bridgehead atoms. The van der Waals surface area contributed by atoms with Crippen molar-refractivity contribution in [3.8, 4) is 0 Å². The van der Waals surface area contributed by atoms with Crippen LogP contribution in [0.15, 0.2) is 0 Å². The normalized spacial score (nSPS) is 15.1. The average molecular weight is 247 g/mol. The lowest BCUT2D eigenvalue weighted by Gasteiger charge is -2.36. The Hall–Kier alpha value is -0.430. The molecule has 0 amide bonds. The van der Waals surface area contributed by atoms with Gasteiger partial charge in [-0.1, -0.05) is 39.2 Å². The maximum Gasteiger partial charge on any atom is 0.325 e. The summed E-state index contributed by atoms with van der Waals surface area (Å²) in [4.78, 5) is 10.8. The van der Waals surface area contributed by atoms with Crippen molar-refractivity contribution in [3.63, 3.8) is 0 Å². The second-order valence-corrected chi connectivity index (χ2v) is 7.07. The molecule has 0 aromatic carbocycles. The predicted octanol–water partition coefficient (Wildman–Crippen LogP) is 3.56. The highest BCUT2D eigenvalue weighted by molar-refractivity contribution is 7.23. The van der Waals surface area contributed by atoms with Crippen molar-refractivity contribution in [2.75, 3.05) is 6.16 Å². The first kappa shape index (κ1) is 15.6. The maximum absolute atomic E-state index is 10.8. The molecule has 0 aliphatic rings. The van der Waals surface area contributed by atoms with E-state index >= 15 is 0 Å². The molecule has 3 nitrogen and oxygen atoms in total. The fraction of sp³-hybridized carbons (Fsp3) is 0.917. The van der Waals surface area contributed by atoms with Gasteiger partial charge in [-0.05, 0) is 17.3 Å². The highest BCUT2D eigenvalue weighted by Gasteiger charge is 2.36. The Balaban J connectivity index is 4.73. The van der Waals surface area contributed by atoms with E-state index in [2.05, 4.69) is 34.6 Å². The van der Waals surface area contributed by atoms with Gasteiger partial charge in [-0.15, -0.1) is 0 Å². The van der Waals surface area contributed by atoms with Gasteiger partial charge in [0, 0.05) is 5.92 Å². The molecule has 0 saturated carbocycles. The molecule has 1 N–H and O–H groups in total. The third-order valence-electron chi connectivity index (χ3n) is 2.84. The van der Waals surface area contributed by atoms with E-state index in [0.29, 0.717) is 6.16 Å². The Morgan fingerprint density at radius 1 is 1.25 bits per heavy atom. The molecule has 0 fully saturated rings. The first-order valence-electron chi connectivity index (χ1n) is 5.65. The molecule has 0 aromatic rings. The second kappa shape index (κ2) is 5.77. The van der Waals surface area contributed by atoms with Crippen molar-refractivity contribution in [1.82, 2.24) is 0 Å². The van der Waals surface area contributed by atoms with Crippen molar-refractivity contribution in [1.29, 1.82) is 0 Å². The van der Waals surface area contributed by atoms with Gasteiger partial charge in [-0.2, -0.15) is 0 Å². The number of hydrogen-bond acceptors (Lipinski definition) is 2. The van der Waals surface area contributed by atoms with Crippen LogP contribution in [-0.2, 0) is 9.36 Å². The topological polar surface area (TPSA) is 54.4 Å². The van der Waals surface area contributed by atoms with Crippen molar-refractivity contribution in [2.45, 2.75) is 47.5 Å². The van der Waals surface area contributed by atoms with Gasteiger partial charge >= 0.3 is 14.4 Å². The van der Waals surface area contributed by atoms with Gasteiger partial charge in [0.25, 0.3) is 0 Å². The Kier molecular flexibility index (Phi) is 5.61. The Bertz CT molecular complexity index is 253. The van der Waals surface area contributed by atoms with Crippen LogP contribution < -0.4 is 0 Å². The summed E-state index contributed by atoms with van der Waals surface area (Å²) >= 11 is 0. The van der Waals surface area contributed by atoms with E-state index in [4.69, 9.17) is 5.11 Å². The molecule has 0 aliphatic carbocycles. The van der Waals surface area contributed by atoms with Crippen LogP contribution in [0.4, 0.5) is 0 Å². The van der Waals surface area contributed by atoms with Gasteiger partial charge in [0.1, 0.15) is 6.16 Å². The summed E-state index contributed by atoms with van der Waals surface area (Å²) in [6, 6.07) is 0. The van der Waals surface area contributed by atoms with E-state index in [0.717, 1.165) is 6.42 Å². The lowest BCUT2D eigenvalue weighted by atomic mass is 9.68. The third-order valence-corrected chi connectivity index (χ3v) is 3.50. The lowest BCUT2D eigenvalue weighted by Crippen LogP contribution is -2.32. The van der Waals surface area contributed by atoms with Gasteiger partial charge in [0.2, 0.25) is 0 Å². The zero-order valence-corrected chi connectivity index (χ0v) is 12.0. The van der Waals surface area contributed by atoms with Crippen molar-refractivity contribution in [3.05, 3.63) is 0 Å². The summed E-state index contributed by atoms with van der Waals surface area (Å²) in [5.74, 6) is -0.815. The van der Waals surface area contributed by atoms with Gasteiger partial charge < -0.3 is 5.11 Å². The highest BCUT2D eigenvalue weighted by atomic mass is 31.1. The number of carboxylic acids is 1. The van der Waals surface area contributed by atoms with Crippen LogP contribution in [0.25, 0.3) is 0 Å². The Morgan fingerprint density at radius 2 is 1.75 bits per heavy atom. The van der Waals surface area contributed by atoms with Crippen LogP contribution in [0, 0.1) is 16.7 Å². The van der Waals surface area contributed by atoms with Gasteiger partial charge in [-0.3, -0.25) is 4.79 Å². The third kappa shape index (κ3) is 6.22. The molecule has 0 radical (unpaired) electrons. The lowest BCUT2D eigenvalue weighted by molar-refractivity contribution is -0.139. The SMILES string of the molecule is CC(C)(C)CC(C)(C)[C@@H](C[PH+]=O)CC(=O)O. The molecule has 0 saturated heterocycles. The number of carbonyl (C=O) groups is 1. The molecule has 94 valence electrons. The number of rotatable bonds is 6. The van der Waals surface area contributed by atoms with E-state index in [1.54, 1.807) is 0 Å². The molecule has 0 aliphatic heterocycles. The largest absolute Gasteiger partial charge is 0.481 e. The van der Waals surface area contributed by atoms with Gasteiger partial charge in [0.05, 0.1) is 6.42 Å². The minimum absolute atomic E-state index is 0.0138. The van der Waals surface area contributed by atoms with Gasteiger partial charge in [0.15, 0.2) is 0 Å². The molecule has 16 heavy (non-hydrogen) atoms. The Morgan fingerprint density at radius 3 is 2.06 bits per heavy atom. The zero-order valence-electron chi connectivity index (χ0n) is 11.0. The molecule has 4 heteroatoms. The van der Waals surface area contributed by atoms with E-state index in [9.17, 15) is 9.36 Å². The summed E-state index contributed by atoms with van der Waals surface area (Å²) in [5, 5.41) is 8.87. The summed E-state index contributed by atoms with van der Waals surface area (Å²) in [6.45, 7) is 10.6. The minimum atomic E-state index is -0.801. The van der Waals surface area contributed by atoms with Gasteiger partial charge in [-0.25, -0.2) is 0 Å². The molecule has 0 aromatic heterocycles. The summed E-state index contributed by atoms with van der Waals surface area (Å²) in [7, 11) is -0.416. The number of hydrogen-bond donors (Lipinski definition) is 1. The minimum Gasteiger partial charge on any atom is -0.481 e. The molecule has 0 rings (SSSR count). The second-order valence-electron chi connectivity index (χ2n) is 6.37. The average Bonchev–Trinajstić information content (AvgIpc) is 1.97. The molecular formula is C12H24O3P+. The van der Waals surface area contributed by atoms with Crippen LogP contribution in [0.1, 0.15) is 47.5 Å². The van der Waals surface area contributed by atoms with E-state index in [1.807, 2.05) is 0 Å². The molecule has 2 atom stereocenters. The van der Waals surface area contributed by atoms with Crippen molar-refractivity contribution in [2.24, 2.45) is 16.7 Å². The fourth-order valence-corrected chi connectivity index (χ4v) is 3.35. The molecular weight excluding hydrogens is 223 g/mol. The standard InChI is InChI=1S/C12H23O3P/c1-11(2,3)8-12(4,5)9(7-16-15)6-10(13)14/h9H,6-8H2,1-5H3,(H,13,14)/p+1/t9-/m1/s1. The maximum atomic E-state index is 10.8. The van der Waals surface area contributed by atoms with E-state index < -0.39 is 14.4 Å². The summed E-state index contributed by atoms with van der Waals surface area (Å²) in [5.41, 5.74) is 0.0697. The van der Waals surface area contributed by atoms with Crippen LogP contribution >= 0.6 is 8.46 Å². The monoisotopic (exact) mass is 247 g/mol. The number of carboxylic acid groups (broad SMARTS) is 1. The smallest absolute Gasteiger partial charge is 0.325 e. The molecule has 0 heterocycles. The highest BCUT2D eigenvalue weighted by Crippen LogP contribution is 2.41. The first-order chi connectivity index (χ1) is 7.08. The molecule has 0 spiro atoms. The zero-order chi connectivity index (χ0) is 13.0. The van der Waals surface area contributed by atoms with Crippen LogP contribution in [0.2, 0.25) is 0 Å². The fourth-order valence-electron chi connectivity index (χ4n) is 2.45. The van der Waals surface area contributed by atoms with Crippen molar-refractivity contribution >= 4 is 14.4 Å². The van der Waals surface area contributed by atoms with Crippen LogP contribution in [-0.4, -0.2) is 17.2 Å². The van der Waals surface area contributed by atoms with Crippen LogP contribution in [0.5, 0.6) is 0 Å². The van der Waals surface area contributed by atoms with E-state index in [1.165, 1.54) is 0 Å². The predicted molar refractivity (Wildman–Crippen MR) is 67.5 cm³/mol. The van der Waals surface area contributed by atoms with Crippen molar-refractivity contribution < 1.29 is 14.5 Å².